The number of nitrogens with zero attached hydrogens (tertiary/aromatic N) is 2. The third kappa shape index (κ3) is 6.07. The van der Waals surface area contributed by atoms with Gasteiger partial charge in [0.15, 0.2) is 17.5 Å². The summed E-state index contributed by atoms with van der Waals surface area (Å²) in [6, 6.07) is 14.2. The van der Waals surface area contributed by atoms with E-state index in [1.54, 1.807) is 43.5 Å². The predicted octanol–water partition coefficient (Wildman–Crippen LogP) is 3.45. The van der Waals surface area contributed by atoms with Crippen molar-refractivity contribution in [3.05, 3.63) is 81.7 Å². The monoisotopic (exact) mass is 549 g/mol. The summed E-state index contributed by atoms with van der Waals surface area (Å²) < 4.78 is 6.26. The highest BCUT2D eigenvalue weighted by atomic mass is 32.1. The maximum Gasteiger partial charge on any atom is 0.329 e. The lowest BCUT2D eigenvalue weighted by molar-refractivity contribution is -0.120. The topological polar surface area (TPSA) is 169 Å². The summed E-state index contributed by atoms with van der Waals surface area (Å²) in [6.07, 6.45) is 0.276. The summed E-state index contributed by atoms with van der Waals surface area (Å²) in [7, 11) is 0. The second kappa shape index (κ2) is 11.8. The summed E-state index contributed by atoms with van der Waals surface area (Å²) in [6.45, 7) is 3.20. The summed E-state index contributed by atoms with van der Waals surface area (Å²) in [5.74, 6) is -1.97. The molecule has 0 bridgehead atoms. The molecule has 39 heavy (non-hydrogen) atoms. The van der Waals surface area contributed by atoms with Crippen molar-refractivity contribution in [2.75, 3.05) is 11.9 Å². The fourth-order valence-corrected chi connectivity index (χ4v) is 4.82. The summed E-state index contributed by atoms with van der Waals surface area (Å²) in [5.41, 5.74) is 5.97. The van der Waals surface area contributed by atoms with Gasteiger partial charge >= 0.3 is 5.69 Å². The van der Waals surface area contributed by atoms with Gasteiger partial charge in [0.1, 0.15) is 23.2 Å². The van der Waals surface area contributed by atoms with Crippen LogP contribution in [0.5, 0.6) is 11.6 Å². The van der Waals surface area contributed by atoms with E-state index in [4.69, 9.17) is 10.5 Å². The van der Waals surface area contributed by atoms with Crippen LogP contribution >= 0.6 is 11.3 Å². The van der Waals surface area contributed by atoms with E-state index in [0.29, 0.717) is 11.3 Å². The number of aromatic nitrogens is 3. The van der Waals surface area contributed by atoms with Gasteiger partial charge in [-0.25, -0.2) is 14.3 Å². The van der Waals surface area contributed by atoms with Crippen molar-refractivity contribution in [2.24, 2.45) is 5.73 Å². The fraction of sp³-hybridized carbons (Fsp3) is 0.222. The molecule has 0 fully saturated rings. The molecule has 11 nitrogen and oxygen atoms in total. The SMILES string of the molecule is CCC(=O)c1csc(NC(=O)[C@H]([C@@H](C)c2ccccc2)n2c(O)c(-c3ccc(OCC(N)=O)cc3)[nH]c2=O)n1. The van der Waals surface area contributed by atoms with Crippen LogP contribution in [-0.4, -0.2) is 43.8 Å². The zero-order valence-electron chi connectivity index (χ0n) is 21.2. The Morgan fingerprint density at radius 1 is 1.15 bits per heavy atom. The van der Waals surface area contributed by atoms with E-state index in [1.807, 2.05) is 30.3 Å². The number of hydrogen-bond acceptors (Lipinski definition) is 8. The summed E-state index contributed by atoms with van der Waals surface area (Å²) in [5, 5.41) is 15.7. The second-order valence-corrected chi connectivity index (χ2v) is 9.58. The Balaban J connectivity index is 1.70. The molecule has 0 aliphatic carbocycles. The molecule has 0 aliphatic heterocycles. The van der Waals surface area contributed by atoms with E-state index in [0.717, 1.165) is 21.5 Å². The van der Waals surface area contributed by atoms with Crippen molar-refractivity contribution < 1.29 is 24.2 Å². The van der Waals surface area contributed by atoms with Crippen molar-refractivity contribution in [3.63, 3.8) is 0 Å². The van der Waals surface area contributed by atoms with Crippen molar-refractivity contribution in [2.45, 2.75) is 32.2 Å². The lowest BCUT2D eigenvalue weighted by Gasteiger charge is -2.24. The lowest BCUT2D eigenvalue weighted by atomic mass is 9.92. The van der Waals surface area contributed by atoms with Gasteiger partial charge < -0.3 is 25.9 Å². The number of aromatic hydroxyl groups is 1. The second-order valence-electron chi connectivity index (χ2n) is 8.73. The number of carbonyl (C=O) groups is 3. The number of nitrogens with one attached hydrogen (secondary N) is 2. The molecule has 0 radical (unpaired) electrons. The van der Waals surface area contributed by atoms with E-state index >= 15 is 0 Å². The number of anilines is 1. The van der Waals surface area contributed by atoms with Gasteiger partial charge in [0, 0.05) is 23.3 Å². The van der Waals surface area contributed by atoms with E-state index in [9.17, 15) is 24.3 Å². The maximum absolute atomic E-state index is 13.6. The third-order valence-corrected chi connectivity index (χ3v) is 6.87. The highest BCUT2D eigenvalue weighted by molar-refractivity contribution is 7.14. The zero-order chi connectivity index (χ0) is 28.1. The number of amides is 2. The first-order valence-electron chi connectivity index (χ1n) is 12.1. The van der Waals surface area contributed by atoms with Gasteiger partial charge in [-0.05, 0) is 29.8 Å². The van der Waals surface area contributed by atoms with Crippen molar-refractivity contribution in [1.29, 1.82) is 0 Å². The van der Waals surface area contributed by atoms with Crippen LogP contribution in [0.15, 0.2) is 64.8 Å². The number of Topliss-reactive ketones (excluding diaryl/α,β-unsaturated/α-hetero) is 1. The lowest BCUT2D eigenvalue weighted by Crippen LogP contribution is -2.35. The van der Waals surface area contributed by atoms with Gasteiger partial charge in [-0.3, -0.25) is 14.4 Å². The number of imidazole rings is 1. The number of ether oxygens (including phenoxy) is 1. The number of carbonyl (C=O) groups excluding carboxylic acids is 3. The molecule has 2 atom stereocenters. The molecular formula is C27H27N5O6S. The molecule has 2 heterocycles. The Labute approximate surface area is 227 Å². The number of thiazole rings is 1. The summed E-state index contributed by atoms with van der Waals surface area (Å²) in [4.78, 5) is 56.6. The molecular weight excluding hydrogens is 522 g/mol. The molecule has 2 aromatic carbocycles. The minimum atomic E-state index is -1.17. The Morgan fingerprint density at radius 3 is 2.49 bits per heavy atom. The van der Waals surface area contributed by atoms with Gasteiger partial charge in [0.05, 0.1) is 0 Å². The Morgan fingerprint density at radius 2 is 1.85 bits per heavy atom. The number of nitrogens with two attached hydrogens (primary N) is 1. The van der Waals surface area contributed by atoms with Crippen LogP contribution in [0.2, 0.25) is 0 Å². The molecule has 0 aliphatic rings. The smallest absolute Gasteiger partial charge is 0.329 e. The molecule has 12 heteroatoms. The van der Waals surface area contributed by atoms with Crippen LogP contribution in [-0.2, 0) is 9.59 Å². The highest BCUT2D eigenvalue weighted by Crippen LogP contribution is 2.35. The molecule has 4 aromatic rings. The first-order valence-corrected chi connectivity index (χ1v) is 13.0. The van der Waals surface area contributed by atoms with Gasteiger partial charge in [-0.1, -0.05) is 44.2 Å². The number of H-pyrrole nitrogens is 1. The average molecular weight is 550 g/mol. The molecule has 4 rings (SSSR count). The van der Waals surface area contributed by atoms with Gasteiger partial charge in [0.25, 0.3) is 5.91 Å². The third-order valence-electron chi connectivity index (χ3n) is 6.11. The number of hydrogen-bond donors (Lipinski definition) is 4. The number of primary amides is 1. The fourth-order valence-electron chi connectivity index (χ4n) is 4.10. The van der Waals surface area contributed by atoms with Crippen molar-refractivity contribution >= 4 is 34.1 Å². The highest BCUT2D eigenvalue weighted by Gasteiger charge is 2.33. The van der Waals surface area contributed by atoms with Crippen LogP contribution in [0, 0.1) is 0 Å². The average Bonchev–Trinajstić information content (AvgIpc) is 3.52. The Kier molecular flexibility index (Phi) is 8.25. The molecule has 0 spiro atoms. The quantitative estimate of drug-likeness (QED) is 0.208. The Hall–Kier alpha value is -4.71. The molecule has 0 unspecified atom stereocenters. The van der Waals surface area contributed by atoms with Gasteiger partial charge in [-0.15, -0.1) is 11.3 Å². The normalized spacial score (nSPS) is 12.5. The van der Waals surface area contributed by atoms with Crippen molar-refractivity contribution in [3.8, 4) is 22.9 Å². The van der Waals surface area contributed by atoms with Crippen LogP contribution < -0.4 is 21.5 Å². The number of aromatic amines is 1. The van der Waals surface area contributed by atoms with Gasteiger partial charge in [-0.2, -0.15) is 0 Å². The molecule has 202 valence electrons. The zero-order valence-corrected chi connectivity index (χ0v) is 22.0. The molecule has 2 amide bonds. The Bertz CT molecular complexity index is 1540. The number of benzene rings is 2. The van der Waals surface area contributed by atoms with Crippen molar-refractivity contribution in [1.82, 2.24) is 14.5 Å². The molecule has 2 aromatic heterocycles. The molecule has 5 N–H and O–H groups in total. The largest absolute Gasteiger partial charge is 0.493 e. The van der Waals surface area contributed by atoms with E-state index < -0.39 is 35.3 Å². The minimum Gasteiger partial charge on any atom is -0.493 e. The van der Waals surface area contributed by atoms with Crippen LogP contribution in [0.1, 0.15) is 48.3 Å². The first kappa shape index (κ1) is 27.3. The minimum absolute atomic E-state index is 0.101. The maximum atomic E-state index is 13.6. The number of rotatable bonds is 11. The first-order chi connectivity index (χ1) is 18.7. The molecule has 0 saturated carbocycles. The summed E-state index contributed by atoms with van der Waals surface area (Å²) >= 11 is 1.10. The van der Waals surface area contributed by atoms with Gasteiger partial charge in [0.2, 0.25) is 11.8 Å². The standard InChI is InChI=1S/C27H27N5O6S/c1-3-20(33)19-14-39-26(29-19)31-24(35)23(15(2)16-7-5-4-6-8-16)32-25(36)22(30-27(32)37)17-9-11-18(12-10-17)38-13-21(28)34/h4-12,14-15,23,36H,3,13H2,1-2H3,(H2,28,34)(H,30,37)(H,29,31,35)/t15-,23-/m0/s1. The number of ketones is 1. The van der Waals surface area contributed by atoms with E-state index in [2.05, 4.69) is 15.3 Å². The van der Waals surface area contributed by atoms with E-state index in [1.165, 1.54) is 0 Å². The van der Waals surface area contributed by atoms with Crippen LogP contribution in [0.25, 0.3) is 11.3 Å². The van der Waals surface area contributed by atoms with E-state index in [-0.39, 0.29) is 35.3 Å². The molecule has 0 saturated heterocycles. The van der Waals surface area contributed by atoms with Crippen LogP contribution in [0.4, 0.5) is 5.13 Å². The predicted molar refractivity (Wildman–Crippen MR) is 146 cm³/mol. The van der Waals surface area contributed by atoms with Crippen LogP contribution in [0.3, 0.4) is 0 Å².